The Morgan fingerprint density at radius 2 is 1.70 bits per heavy atom. The van der Waals surface area contributed by atoms with Gasteiger partial charge in [0, 0.05) is 42.8 Å². The van der Waals surface area contributed by atoms with Crippen LogP contribution in [-0.2, 0) is 0 Å². The topological polar surface area (TPSA) is 58.4 Å². The monoisotopic (exact) mass is 422 g/mol. The number of rotatable bonds is 3. The van der Waals surface area contributed by atoms with Gasteiger partial charge in [-0.2, -0.15) is 4.68 Å². The Kier molecular flexibility index (Phi) is 5.59. The van der Waals surface area contributed by atoms with Crippen LogP contribution < -0.4 is 10.5 Å². The standard InChI is InChI=1S/C23H23ClN4O2/c1-16-6-7-20(14-17(16)2)28-22(29)9-8-21(25-28)26-10-12-27(13-11-26)23(30)18-4-3-5-19(24)15-18/h3-9,14-15H,10-13H2,1-2H3. The number of benzene rings is 2. The summed E-state index contributed by atoms with van der Waals surface area (Å²) in [5.74, 6) is 0.702. The van der Waals surface area contributed by atoms with Gasteiger partial charge in [-0.05, 0) is 61.4 Å². The minimum Gasteiger partial charge on any atom is -0.352 e. The summed E-state index contributed by atoms with van der Waals surface area (Å²) in [6, 6.07) is 16.2. The summed E-state index contributed by atoms with van der Waals surface area (Å²) < 4.78 is 1.44. The first-order valence-corrected chi connectivity index (χ1v) is 10.3. The van der Waals surface area contributed by atoms with Gasteiger partial charge in [0.05, 0.1) is 5.69 Å². The van der Waals surface area contributed by atoms with Crippen molar-refractivity contribution in [3.63, 3.8) is 0 Å². The zero-order valence-electron chi connectivity index (χ0n) is 17.0. The maximum Gasteiger partial charge on any atom is 0.271 e. The predicted molar refractivity (Wildman–Crippen MR) is 119 cm³/mol. The number of halogens is 1. The lowest BCUT2D eigenvalue weighted by Crippen LogP contribution is -2.49. The molecule has 2 heterocycles. The number of hydrogen-bond donors (Lipinski definition) is 0. The number of aryl methyl sites for hydroxylation is 2. The number of amides is 1. The number of hydrogen-bond acceptors (Lipinski definition) is 4. The fourth-order valence-corrected chi connectivity index (χ4v) is 3.75. The number of nitrogens with zero attached hydrogens (tertiary/aromatic N) is 4. The van der Waals surface area contributed by atoms with Crippen molar-refractivity contribution in [1.29, 1.82) is 0 Å². The molecule has 2 aromatic carbocycles. The van der Waals surface area contributed by atoms with E-state index in [0.717, 1.165) is 17.1 Å². The second-order valence-corrected chi connectivity index (χ2v) is 7.94. The SMILES string of the molecule is Cc1ccc(-n2nc(N3CCN(C(=O)c4cccc(Cl)c4)CC3)ccc2=O)cc1C. The highest BCUT2D eigenvalue weighted by atomic mass is 35.5. The van der Waals surface area contributed by atoms with Crippen molar-refractivity contribution in [2.75, 3.05) is 31.1 Å². The quantitative estimate of drug-likeness (QED) is 0.648. The highest BCUT2D eigenvalue weighted by Gasteiger charge is 2.23. The minimum atomic E-state index is -0.170. The molecule has 3 aromatic rings. The minimum absolute atomic E-state index is 0.0230. The van der Waals surface area contributed by atoms with E-state index < -0.39 is 0 Å². The number of piperazine rings is 1. The fraction of sp³-hybridized carbons (Fsp3) is 0.261. The zero-order chi connectivity index (χ0) is 21.3. The Balaban J connectivity index is 1.50. The third-order valence-corrected chi connectivity index (χ3v) is 5.72. The van der Waals surface area contributed by atoms with Gasteiger partial charge in [-0.25, -0.2) is 0 Å². The van der Waals surface area contributed by atoms with Crippen LogP contribution in [0.3, 0.4) is 0 Å². The number of carbonyl (C=O) groups is 1. The van der Waals surface area contributed by atoms with Crippen LogP contribution in [0.2, 0.25) is 5.02 Å². The van der Waals surface area contributed by atoms with Crippen molar-refractivity contribution >= 4 is 23.3 Å². The molecule has 0 spiro atoms. The molecular formula is C23H23ClN4O2. The normalized spacial score (nSPS) is 14.1. The molecule has 1 aliphatic heterocycles. The lowest BCUT2D eigenvalue weighted by Gasteiger charge is -2.35. The van der Waals surface area contributed by atoms with E-state index >= 15 is 0 Å². The second-order valence-electron chi connectivity index (χ2n) is 7.50. The van der Waals surface area contributed by atoms with Gasteiger partial charge < -0.3 is 9.80 Å². The number of anilines is 1. The van der Waals surface area contributed by atoms with Crippen molar-refractivity contribution in [2.45, 2.75) is 13.8 Å². The smallest absolute Gasteiger partial charge is 0.271 e. The summed E-state index contributed by atoms with van der Waals surface area (Å²) in [4.78, 5) is 29.0. The van der Waals surface area contributed by atoms with Crippen LogP contribution in [0.15, 0.2) is 59.4 Å². The summed E-state index contributed by atoms with van der Waals surface area (Å²) in [5, 5.41) is 5.14. The molecule has 154 valence electrons. The van der Waals surface area contributed by atoms with Gasteiger partial charge in [-0.3, -0.25) is 9.59 Å². The molecule has 0 unspecified atom stereocenters. The van der Waals surface area contributed by atoms with Crippen LogP contribution in [0, 0.1) is 13.8 Å². The molecule has 7 heteroatoms. The van der Waals surface area contributed by atoms with E-state index in [1.165, 1.54) is 10.2 Å². The number of aromatic nitrogens is 2. The molecule has 6 nitrogen and oxygen atoms in total. The first kappa shape index (κ1) is 20.2. The van der Waals surface area contributed by atoms with Crippen LogP contribution in [0.5, 0.6) is 0 Å². The van der Waals surface area contributed by atoms with Gasteiger partial charge in [-0.15, -0.1) is 5.10 Å². The molecule has 1 aromatic heterocycles. The van der Waals surface area contributed by atoms with Crippen LogP contribution in [0.4, 0.5) is 5.82 Å². The van der Waals surface area contributed by atoms with Crippen molar-refractivity contribution in [3.8, 4) is 5.69 Å². The Morgan fingerprint density at radius 3 is 2.40 bits per heavy atom. The maximum absolute atomic E-state index is 12.7. The van der Waals surface area contributed by atoms with Crippen molar-refractivity contribution in [1.82, 2.24) is 14.7 Å². The Labute approximate surface area is 180 Å². The molecule has 0 N–H and O–H groups in total. The van der Waals surface area contributed by atoms with E-state index in [0.29, 0.717) is 36.8 Å². The molecule has 1 saturated heterocycles. The summed E-state index contributed by atoms with van der Waals surface area (Å²) >= 11 is 6.01. The van der Waals surface area contributed by atoms with Gasteiger partial charge in [0.2, 0.25) is 0 Å². The van der Waals surface area contributed by atoms with E-state index in [1.807, 2.05) is 36.9 Å². The first-order chi connectivity index (χ1) is 14.4. The Morgan fingerprint density at radius 1 is 0.933 bits per heavy atom. The molecule has 1 amide bonds. The fourth-order valence-electron chi connectivity index (χ4n) is 3.56. The molecule has 0 bridgehead atoms. The van der Waals surface area contributed by atoms with Gasteiger partial charge in [0.15, 0.2) is 0 Å². The van der Waals surface area contributed by atoms with Gasteiger partial charge >= 0.3 is 0 Å². The van der Waals surface area contributed by atoms with E-state index in [2.05, 4.69) is 10.00 Å². The molecule has 0 saturated carbocycles. The van der Waals surface area contributed by atoms with Crippen molar-refractivity contribution in [2.24, 2.45) is 0 Å². The lowest BCUT2D eigenvalue weighted by molar-refractivity contribution is 0.0746. The van der Waals surface area contributed by atoms with Gasteiger partial charge in [0.25, 0.3) is 11.5 Å². The van der Waals surface area contributed by atoms with E-state index in [1.54, 1.807) is 36.4 Å². The van der Waals surface area contributed by atoms with E-state index in [-0.39, 0.29) is 11.5 Å². The van der Waals surface area contributed by atoms with Crippen LogP contribution in [-0.4, -0.2) is 46.8 Å². The summed E-state index contributed by atoms with van der Waals surface area (Å²) in [6.45, 7) is 6.50. The van der Waals surface area contributed by atoms with E-state index in [4.69, 9.17) is 11.6 Å². The Bertz CT molecular complexity index is 1150. The maximum atomic E-state index is 12.7. The third kappa shape index (κ3) is 4.09. The van der Waals surface area contributed by atoms with E-state index in [9.17, 15) is 9.59 Å². The molecule has 30 heavy (non-hydrogen) atoms. The summed E-state index contributed by atoms with van der Waals surface area (Å²) in [6.07, 6.45) is 0. The summed E-state index contributed by atoms with van der Waals surface area (Å²) in [5.41, 5.74) is 3.46. The second kappa shape index (κ2) is 8.32. The molecule has 0 atom stereocenters. The van der Waals surface area contributed by atoms with Crippen LogP contribution in [0.25, 0.3) is 5.69 Å². The van der Waals surface area contributed by atoms with Crippen LogP contribution in [0.1, 0.15) is 21.5 Å². The number of carbonyl (C=O) groups excluding carboxylic acids is 1. The Hall–Kier alpha value is -3.12. The molecule has 1 aliphatic rings. The highest BCUT2D eigenvalue weighted by Crippen LogP contribution is 2.18. The average Bonchev–Trinajstić information content (AvgIpc) is 2.76. The van der Waals surface area contributed by atoms with Crippen molar-refractivity contribution < 1.29 is 4.79 Å². The van der Waals surface area contributed by atoms with Gasteiger partial charge in [-0.1, -0.05) is 23.7 Å². The molecule has 1 fully saturated rings. The molecular weight excluding hydrogens is 400 g/mol. The average molecular weight is 423 g/mol. The van der Waals surface area contributed by atoms with Gasteiger partial charge in [0.1, 0.15) is 5.82 Å². The first-order valence-electron chi connectivity index (χ1n) is 9.90. The van der Waals surface area contributed by atoms with Crippen molar-refractivity contribution in [3.05, 3.63) is 86.7 Å². The molecule has 0 aliphatic carbocycles. The third-order valence-electron chi connectivity index (χ3n) is 5.48. The van der Waals surface area contributed by atoms with Crippen LogP contribution >= 0.6 is 11.6 Å². The zero-order valence-corrected chi connectivity index (χ0v) is 17.8. The summed E-state index contributed by atoms with van der Waals surface area (Å²) in [7, 11) is 0. The lowest BCUT2D eigenvalue weighted by atomic mass is 10.1. The molecule has 0 radical (unpaired) electrons. The predicted octanol–water partition coefficient (Wildman–Crippen LogP) is 3.47. The highest BCUT2D eigenvalue weighted by molar-refractivity contribution is 6.30. The largest absolute Gasteiger partial charge is 0.352 e. The molecule has 4 rings (SSSR count).